The predicted octanol–water partition coefficient (Wildman–Crippen LogP) is 1.25. The Morgan fingerprint density at radius 3 is 2.32 bits per heavy atom. The van der Waals surface area contributed by atoms with Crippen molar-refractivity contribution in [3.05, 3.63) is 30.1 Å². The number of anilines is 1. The number of rotatable bonds is 5. The molecule has 3 atom stereocenters. The fourth-order valence-electron chi connectivity index (χ4n) is 4.25. The highest BCUT2D eigenvalue weighted by atomic mass is 19.1. The van der Waals surface area contributed by atoms with Gasteiger partial charge in [0, 0.05) is 64.1 Å². The van der Waals surface area contributed by atoms with Gasteiger partial charge in [0.1, 0.15) is 5.82 Å². The zero-order chi connectivity index (χ0) is 20.3. The van der Waals surface area contributed by atoms with Gasteiger partial charge in [0.2, 0.25) is 5.91 Å². The summed E-state index contributed by atoms with van der Waals surface area (Å²) in [5.74, 6) is -0.0249. The quantitative estimate of drug-likeness (QED) is 0.817. The molecule has 1 N–H and O–H groups in total. The van der Waals surface area contributed by atoms with Crippen LogP contribution < -0.4 is 4.90 Å². The zero-order valence-corrected chi connectivity index (χ0v) is 17.2. The van der Waals surface area contributed by atoms with Gasteiger partial charge in [-0.1, -0.05) is 0 Å². The number of hydrogen-bond acceptors (Lipinski definition) is 5. The van der Waals surface area contributed by atoms with Crippen molar-refractivity contribution in [2.24, 2.45) is 0 Å². The van der Waals surface area contributed by atoms with Gasteiger partial charge in [-0.15, -0.1) is 0 Å². The molecule has 156 valence electrons. The van der Waals surface area contributed by atoms with Crippen LogP contribution in [0.2, 0.25) is 0 Å². The summed E-state index contributed by atoms with van der Waals surface area (Å²) in [6.07, 6.45) is -0.346. The molecule has 2 saturated heterocycles. The van der Waals surface area contributed by atoms with Crippen molar-refractivity contribution in [3.63, 3.8) is 0 Å². The van der Waals surface area contributed by atoms with Gasteiger partial charge < -0.3 is 14.9 Å². The molecule has 0 radical (unpaired) electrons. The SMILES string of the molecule is C[C@H](O)CN1CCN(C(=O)[C@@H](C)N2CCN(c3ccc(F)cc3)CC2)C[C@H]1C. The molecule has 0 aliphatic carbocycles. The lowest BCUT2D eigenvalue weighted by Crippen LogP contribution is -2.59. The Labute approximate surface area is 167 Å². The molecule has 0 unspecified atom stereocenters. The van der Waals surface area contributed by atoms with E-state index in [0.29, 0.717) is 13.1 Å². The van der Waals surface area contributed by atoms with E-state index in [1.807, 2.05) is 24.0 Å². The van der Waals surface area contributed by atoms with E-state index in [4.69, 9.17) is 0 Å². The minimum atomic E-state index is -0.346. The van der Waals surface area contributed by atoms with Crippen LogP contribution in [0.3, 0.4) is 0 Å². The molecule has 2 heterocycles. The molecule has 0 saturated carbocycles. The topological polar surface area (TPSA) is 50.3 Å². The van der Waals surface area contributed by atoms with Crippen LogP contribution in [0.25, 0.3) is 0 Å². The van der Waals surface area contributed by atoms with Crippen LogP contribution in [0.15, 0.2) is 24.3 Å². The van der Waals surface area contributed by atoms with Crippen LogP contribution in [0.4, 0.5) is 10.1 Å². The lowest BCUT2D eigenvalue weighted by atomic mass is 10.1. The number of amides is 1. The van der Waals surface area contributed by atoms with E-state index in [1.165, 1.54) is 12.1 Å². The Morgan fingerprint density at radius 2 is 1.75 bits per heavy atom. The molecule has 0 spiro atoms. The number of aliphatic hydroxyl groups is 1. The number of benzene rings is 1. The second-order valence-electron chi connectivity index (χ2n) is 8.15. The van der Waals surface area contributed by atoms with E-state index >= 15 is 0 Å². The number of piperazine rings is 2. The summed E-state index contributed by atoms with van der Waals surface area (Å²) in [5.41, 5.74) is 1.03. The van der Waals surface area contributed by atoms with Gasteiger partial charge in [0.05, 0.1) is 12.1 Å². The molecule has 0 aromatic heterocycles. The molecular formula is C21H33FN4O2. The van der Waals surface area contributed by atoms with Crippen LogP contribution in [0, 0.1) is 5.82 Å². The molecule has 1 aromatic rings. The van der Waals surface area contributed by atoms with Crippen molar-refractivity contribution in [2.45, 2.75) is 39.0 Å². The molecule has 0 bridgehead atoms. The Bertz CT molecular complexity index is 646. The third-order valence-corrected chi connectivity index (χ3v) is 5.99. The molecule has 3 rings (SSSR count). The largest absolute Gasteiger partial charge is 0.392 e. The summed E-state index contributed by atoms with van der Waals surface area (Å²) in [5, 5.41) is 9.62. The molecule has 1 amide bonds. The summed E-state index contributed by atoms with van der Waals surface area (Å²) in [4.78, 5) is 21.7. The average Bonchev–Trinajstić information content (AvgIpc) is 2.69. The molecular weight excluding hydrogens is 359 g/mol. The smallest absolute Gasteiger partial charge is 0.239 e. The summed E-state index contributed by atoms with van der Waals surface area (Å²) in [7, 11) is 0. The van der Waals surface area contributed by atoms with Gasteiger partial charge in [-0.3, -0.25) is 14.6 Å². The summed E-state index contributed by atoms with van der Waals surface area (Å²) >= 11 is 0. The van der Waals surface area contributed by atoms with E-state index in [1.54, 1.807) is 6.92 Å². The highest BCUT2D eigenvalue weighted by Crippen LogP contribution is 2.19. The van der Waals surface area contributed by atoms with Crippen molar-refractivity contribution in [1.29, 1.82) is 0 Å². The normalized spacial score (nSPS) is 24.2. The van der Waals surface area contributed by atoms with E-state index < -0.39 is 0 Å². The number of β-amino-alcohol motifs (C(OH)–C–C–N with tert-alkyl or cyclic N) is 1. The highest BCUT2D eigenvalue weighted by molar-refractivity contribution is 5.81. The third-order valence-electron chi connectivity index (χ3n) is 5.99. The molecule has 6 nitrogen and oxygen atoms in total. The highest BCUT2D eigenvalue weighted by Gasteiger charge is 2.32. The van der Waals surface area contributed by atoms with Crippen LogP contribution in [-0.4, -0.2) is 96.3 Å². The summed E-state index contributed by atoms with van der Waals surface area (Å²) < 4.78 is 13.1. The average molecular weight is 393 g/mol. The van der Waals surface area contributed by atoms with E-state index in [9.17, 15) is 14.3 Å². The van der Waals surface area contributed by atoms with Gasteiger partial charge in [0.15, 0.2) is 0 Å². The molecule has 2 aliphatic rings. The summed E-state index contributed by atoms with van der Waals surface area (Å²) in [6.45, 7) is 12.1. The standard InChI is InChI=1S/C21H33FN4O2/c1-16-14-26(13-12-25(16)15-17(2)27)21(28)18(3)23-8-10-24(11-9-23)20-6-4-19(22)5-7-20/h4-7,16-18,27H,8-15H2,1-3H3/t16-,17+,18-/m1/s1. The number of hydrogen-bond donors (Lipinski definition) is 1. The third kappa shape index (κ3) is 5.01. The Morgan fingerprint density at radius 1 is 1.11 bits per heavy atom. The number of carbonyl (C=O) groups excluding carboxylic acids is 1. The van der Waals surface area contributed by atoms with Gasteiger partial charge in [-0.2, -0.15) is 0 Å². The van der Waals surface area contributed by atoms with Gasteiger partial charge in [-0.25, -0.2) is 4.39 Å². The Kier molecular flexibility index (Phi) is 6.91. The van der Waals surface area contributed by atoms with E-state index in [0.717, 1.165) is 45.0 Å². The first-order chi connectivity index (χ1) is 13.3. The fourth-order valence-corrected chi connectivity index (χ4v) is 4.25. The van der Waals surface area contributed by atoms with E-state index in [-0.39, 0.29) is 29.9 Å². The lowest BCUT2D eigenvalue weighted by molar-refractivity contribution is -0.139. The van der Waals surface area contributed by atoms with Crippen LogP contribution in [-0.2, 0) is 4.79 Å². The van der Waals surface area contributed by atoms with Crippen molar-refractivity contribution in [2.75, 3.05) is 57.3 Å². The lowest BCUT2D eigenvalue weighted by Gasteiger charge is -2.43. The number of halogens is 1. The van der Waals surface area contributed by atoms with Gasteiger partial charge >= 0.3 is 0 Å². The van der Waals surface area contributed by atoms with Gasteiger partial charge in [-0.05, 0) is 45.0 Å². The Balaban J connectivity index is 1.50. The minimum absolute atomic E-state index is 0.133. The molecule has 7 heteroatoms. The zero-order valence-electron chi connectivity index (χ0n) is 17.2. The number of nitrogens with zero attached hydrogens (tertiary/aromatic N) is 4. The molecule has 1 aromatic carbocycles. The fraction of sp³-hybridized carbons (Fsp3) is 0.667. The minimum Gasteiger partial charge on any atom is -0.392 e. The predicted molar refractivity (Wildman–Crippen MR) is 109 cm³/mol. The van der Waals surface area contributed by atoms with Gasteiger partial charge in [0.25, 0.3) is 0 Å². The Hall–Kier alpha value is -1.70. The first-order valence-electron chi connectivity index (χ1n) is 10.3. The maximum atomic E-state index is 13.1. The van der Waals surface area contributed by atoms with Crippen LogP contribution in [0.1, 0.15) is 20.8 Å². The van der Waals surface area contributed by atoms with Crippen molar-refractivity contribution in [3.8, 4) is 0 Å². The van der Waals surface area contributed by atoms with Crippen molar-refractivity contribution < 1.29 is 14.3 Å². The molecule has 28 heavy (non-hydrogen) atoms. The second kappa shape index (κ2) is 9.20. The molecule has 2 fully saturated rings. The van der Waals surface area contributed by atoms with Crippen molar-refractivity contribution in [1.82, 2.24) is 14.7 Å². The molecule has 2 aliphatic heterocycles. The first-order valence-corrected chi connectivity index (χ1v) is 10.3. The summed E-state index contributed by atoms with van der Waals surface area (Å²) in [6, 6.07) is 6.74. The monoisotopic (exact) mass is 392 g/mol. The second-order valence-corrected chi connectivity index (χ2v) is 8.15. The first kappa shape index (κ1) is 21.0. The van der Waals surface area contributed by atoms with E-state index in [2.05, 4.69) is 21.6 Å². The van der Waals surface area contributed by atoms with Crippen molar-refractivity contribution >= 4 is 11.6 Å². The number of aliphatic hydroxyl groups excluding tert-OH is 1. The number of carbonyl (C=O) groups is 1. The maximum absolute atomic E-state index is 13.1. The van der Waals surface area contributed by atoms with Crippen LogP contribution >= 0.6 is 0 Å². The maximum Gasteiger partial charge on any atom is 0.239 e. The van der Waals surface area contributed by atoms with Crippen LogP contribution in [0.5, 0.6) is 0 Å².